The van der Waals surface area contributed by atoms with Crippen molar-refractivity contribution in [2.75, 3.05) is 27.9 Å². The Kier molecular flexibility index (Phi) is 5.41. The first-order valence-electron chi connectivity index (χ1n) is 7.08. The second-order valence-corrected chi connectivity index (χ2v) is 4.86. The topological polar surface area (TPSA) is 65.1 Å². The van der Waals surface area contributed by atoms with Crippen LogP contribution in [0.4, 0.5) is 0 Å². The lowest BCUT2D eigenvalue weighted by Gasteiger charge is -2.18. The van der Waals surface area contributed by atoms with Crippen LogP contribution in [-0.4, -0.2) is 44.5 Å². The molecule has 0 aliphatic carbocycles. The van der Waals surface area contributed by atoms with E-state index in [-0.39, 0.29) is 11.7 Å². The van der Waals surface area contributed by atoms with Gasteiger partial charge in [-0.25, -0.2) is 0 Å². The molecular weight excluding hydrogens is 298 g/mol. The van der Waals surface area contributed by atoms with Gasteiger partial charge in [0.25, 0.3) is 5.91 Å². The largest absolute Gasteiger partial charge is 0.493 e. The molecule has 1 aromatic carbocycles. The van der Waals surface area contributed by atoms with Crippen molar-refractivity contribution in [2.45, 2.75) is 6.42 Å². The van der Waals surface area contributed by atoms with Crippen LogP contribution in [0.2, 0.25) is 0 Å². The lowest BCUT2D eigenvalue weighted by molar-refractivity contribution is -0.124. The summed E-state index contributed by atoms with van der Waals surface area (Å²) in [7, 11) is 4.60. The highest BCUT2D eigenvalue weighted by molar-refractivity contribution is 5.96. The molecule has 1 aliphatic heterocycles. The molecule has 6 nitrogen and oxygen atoms in total. The van der Waals surface area contributed by atoms with Gasteiger partial charge in [-0.1, -0.05) is 0 Å². The minimum absolute atomic E-state index is 0.0302. The molecule has 0 unspecified atom stereocenters. The maximum Gasteiger partial charge on any atom is 0.250 e. The van der Waals surface area contributed by atoms with Gasteiger partial charge in [-0.05, 0) is 29.8 Å². The summed E-state index contributed by atoms with van der Waals surface area (Å²) in [5, 5.41) is 0. The average molecular weight is 317 g/mol. The molecule has 2 rings (SSSR count). The summed E-state index contributed by atoms with van der Waals surface area (Å²) in [5.41, 5.74) is 0.741. The van der Waals surface area contributed by atoms with Crippen molar-refractivity contribution in [3.05, 3.63) is 36.0 Å². The van der Waals surface area contributed by atoms with Gasteiger partial charge in [-0.3, -0.25) is 9.59 Å². The van der Waals surface area contributed by atoms with Crippen molar-refractivity contribution in [3.63, 3.8) is 0 Å². The fourth-order valence-electron chi connectivity index (χ4n) is 2.21. The molecule has 0 N–H and O–H groups in total. The molecule has 122 valence electrons. The number of ether oxygens (including phenoxy) is 3. The summed E-state index contributed by atoms with van der Waals surface area (Å²) in [6.07, 6.45) is 6.38. The predicted molar refractivity (Wildman–Crippen MR) is 85.6 cm³/mol. The Morgan fingerprint density at radius 2 is 1.78 bits per heavy atom. The van der Waals surface area contributed by atoms with Gasteiger partial charge in [0.15, 0.2) is 17.3 Å². The number of carbonyl (C=O) groups excluding carboxylic acids is 2. The number of methoxy groups -OCH3 is 3. The monoisotopic (exact) mass is 317 g/mol. The Bertz CT molecular complexity index is 638. The number of nitrogens with zero attached hydrogens (tertiary/aromatic N) is 1. The third-order valence-electron chi connectivity index (χ3n) is 3.43. The molecule has 1 amide bonds. The maximum atomic E-state index is 12.1. The van der Waals surface area contributed by atoms with Crippen molar-refractivity contribution in [3.8, 4) is 17.2 Å². The Balaban J connectivity index is 2.20. The highest BCUT2D eigenvalue weighted by atomic mass is 16.5. The minimum Gasteiger partial charge on any atom is -0.493 e. The number of benzene rings is 1. The number of ketones is 1. The van der Waals surface area contributed by atoms with E-state index in [9.17, 15) is 9.59 Å². The molecule has 0 radical (unpaired) electrons. The average Bonchev–Trinajstić information content (AvgIpc) is 2.59. The summed E-state index contributed by atoms with van der Waals surface area (Å²) in [4.78, 5) is 24.7. The smallest absolute Gasteiger partial charge is 0.250 e. The summed E-state index contributed by atoms with van der Waals surface area (Å²) in [5.74, 6) is 1.37. The van der Waals surface area contributed by atoms with E-state index in [0.717, 1.165) is 5.56 Å². The third-order valence-corrected chi connectivity index (χ3v) is 3.43. The highest BCUT2D eigenvalue weighted by Gasteiger charge is 2.15. The summed E-state index contributed by atoms with van der Waals surface area (Å²) < 4.78 is 15.8. The van der Waals surface area contributed by atoms with Crippen LogP contribution in [0.3, 0.4) is 0 Å². The zero-order valence-electron chi connectivity index (χ0n) is 13.4. The van der Waals surface area contributed by atoms with Gasteiger partial charge in [0.2, 0.25) is 5.75 Å². The van der Waals surface area contributed by atoms with Crippen molar-refractivity contribution < 1.29 is 23.8 Å². The molecule has 1 heterocycles. The minimum atomic E-state index is -0.192. The van der Waals surface area contributed by atoms with Crippen LogP contribution < -0.4 is 14.2 Å². The van der Waals surface area contributed by atoms with Crippen LogP contribution in [0.5, 0.6) is 17.2 Å². The van der Waals surface area contributed by atoms with Crippen molar-refractivity contribution >= 4 is 17.8 Å². The first-order chi connectivity index (χ1) is 11.1. The number of rotatable bonds is 5. The van der Waals surface area contributed by atoms with Crippen LogP contribution in [0.15, 0.2) is 30.5 Å². The van der Waals surface area contributed by atoms with Crippen molar-refractivity contribution in [1.82, 2.24) is 4.90 Å². The van der Waals surface area contributed by atoms with Gasteiger partial charge in [-0.2, -0.15) is 0 Å². The van der Waals surface area contributed by atoms with E-state index in [4.69, 9.17) is 14.2 Å². The van der Waals surface area contributed by atoms with Gasteiger partial charge in [0.1, 0.15) is 0 Å². The molecule has 23 heavy (non-hydrogen) atoms. The first kappa shape index (κ1) is 16.6. The third kappa shape index (κ3) is 3.91. The van der Waals surface area contributed by atoms with E-state index >= 15 is 0 Å². The van der Waals surface area contributed by atoms with Crippen LogP contribution in [0.1, 0.15) is 12.0 Å². The van der Waals surface area contributed by atoms with Gasteiger partial charge < -0.3 is 19.1 Å². The van der Waals surface area contributed by atoms with E-state index in [0.29, 0.717) is 30.2 Å². The van der Waals surface area contributed by atoms with Crippen molar-refractivity contribution in [2.24, 2.45) is 0 Å². The second kappa shape index (κ2) is 7.49. The van der Waals surface area contributed by atoms with E-state index in [1.807, 2.05) is 0 Å². The van der Waals surface area contributed by atoms with Gasteiger partial charge in [-0.15, -0.1) is 0 Å². The van der Waals surface area contributed by atoms with Crippen LogP contribution in [0.25, 0.3) is 6.08 Å². The number of amides is 1. The van der Waals surface area contributed by atoms with Crippen LogP contribution >= 0.6 is 0 Å². The molecule has 0 saturated carbocycles. The fourth-order valence-corrected chi connectivity index (χ4v) is 2.21. The Morgan fingerprint density at radius 3 is 2.26 bits per heavy atom. The van der Waals surface area contributed by atoms with Crippen LogP contribution in [-0.2, 0) is 9.59 Å². The van der Waals surface area contributed by atoms with E-state index in [2.05, 4.69) is 0 Å². The molecule has 0 saturated heterocycles. The second-order valence-electron chi connectivity index (χ2n) is 4.86. The number of allylic oxidation sites excluding steroid dienone is 1. The van der Waals surface area contributed by atoms with Crippen LogP contribution in [0, 0.1) is 0 Å². The normalized spacial score (nSPS) is 14.2. The van der Waals surface area contributed by atoms with Crippen molar-refractivity contribution in [1.29, 1.82) is 0 Å². The SMILES string of the molecule is COc1cc(/C=C/C(=O)N2C=CC(=O)CC2)cc(OC)c1OC. The molecule has 0 atom stereocenters. The molecule has 6 heteroatoms. The quantitative estimate of drug-likeness (QED) is 0.778. The number of carbonyl (C=O) groups is 2. The predicted octanol–water partition coefficient (Wildman–Crippen LogP) is 2.04. The number of hydrogen-bond donors (Lipinski definition) is 0. The fraction of sp³-hybridized carbons (Fsp3) is 0.294. The molecule has 0 fully saturated rings. The van der Waals surface area contributed by atoms with E-state index < -0.39 is 0 Å². The molecule has 0 aromatic heterocycles. The zero-order chi connectivity index (χ0) is 16.8. The lowest BCUT2D eigenvalue weighted by atomic mass is 10.1. The summed E-state index contributed by atoms with van der Waals surface area (Å²) in [6, 6.07) is 3.50. The zero-order valence-corrected chi connectivity index (χ0v) is 13.4. The lowest BCUT2D eigenvalue weighted by Crippen LogP contribution is -2.29. The molecule has 1 aromatic rings. The van der Waals surface area contributed by atoms with Gasteiger partial charge in [0.05, 0.1) is 21.3 Å². The molecule has 1 aliphatic rings. The number of hydrogen-bond acceptors (Lipinski definition) is 5. The molecule has 0 bridgehead atoms. The van der Waals surface area contributed by atoms with E-state index in [1.165, 1.54) is 44.6 Å². The maximum absolute atomic E-state index is 12.1. The Morgan fingerprint density at radius 1 is 1.13 bits per heavy atom. The summed E-state index contributed by atoms with van der Waals surface area (Å²) in [6.45, 7) is 0.397. The Hall–Kier alpha value is -2.76. The van der Waals surface area contributed by atoms with E-state index in [1.54, 1.807) is 18.2 Å². The molecular formula is C17H19NO5. The molecule has 0 spiro atoms. The highest BCUT2D eigenvalue weighted by Crippen LogP contribution is 2.38. The van der Waals surface area contributed by atoms with Gasteiger partial charge in [0, 0.05) is 25.2 Å². The van der Waals surface area contributed by atoms with Gasteiger partial charge >= 0.3 is 0 Å². The summed E-state index contributed by atoms with van der Waals surface area (Å²) >= 11 is 0. The Labute approximate surface area is 134 Å². The first-order valence-corrected chi connectivity index (χ1v) is 7.08. The standard InChI is InChI=1S/C17H19NO5/c1-21-14-10-12(11-15(22-2)17(14)23-3)4-5-16(20)18-8-6-13(19)7-9-18/h4-6,8,10-11H,7,9H2,1-3H3/b5-4+.